The largest absolute Gasteiger partial charge is 0.399 e. The van der Waals surface area contributed by atoms with Gasteiger partial charge in [0.2, 0.25) is 0 Å². The number of imidazole rings is 1. The summed E-state index contributed by atoms with van der Waals surface area (Å²) in [5.41, 5.74) is 11.1. The maximum Gasteiger partial charge on any atom is 0.255 e. The minimum Gasteiger partial charge on any atom is -0.399 e. The third-order valence-corrected chi connectivity index (χ3v) is 6.02. The van der Waals surface area contributed by atoms with Crippen molar-refractivity contribution in [3.63, 3.8) is 0 Å². The van der Waals surface area contributed by atoms with E-state index in [2.05, 4.69) is 25.5 Å². The molecule has 1 aliphatic rings. The highest BCUT2D eigenvalue weighted by molar-refractivity contribution is 7.15. The first kappa shape index (κ1) is 17.2. The number of H-pyrrole nitrogens is 1. The first-order valence-electron chi connectivity index (χ1n) is 9.20. The van der Waals surface area contributed by atoms with Crippen LogP contribution in [0.3, 0.4) is 0 Å². The predicted molar refractivity (Wildman–Crippen MR) is 110 cm³/mol. The van der Waals surface area contributed by atoms with Crippen LogP contribution in [0.2, 0.25) is 0 Å². The first-order valence-corrected chi connectivity index (χ1v) is 10.1. The SMILES string of the molecule is Cc1nc2sccn2c1CN1CCc2nc(-c3ccc(N)cc3)[nH]c(=O)c2C1. The van der Waals surface area contributed by atoms with Gasteiger partial charge in [0.1, 0.15) is 5.82 Å². The van der Waals surface area contributed by atoms with Gasteiger partial charge in [0.05, 0.1) is 22.6 Å². The van der Waals surface area contributed by atoms with Crippen LogP contribution in [0.1, 0.15) is 22.6 Å². The molecule has 0 saturated heterocycles. The summed E-state index contributed by atoms with van der Waals surface area (Å²) in [6, 6.07) is 7.39. The van der Waals surface area contributed by atoms with Crippen LogP contribution in [0.25, 0.3) is 16.3 Å². The summed E-state index contributed by atoms with van der Waals surface area (Å²) in [4.78, 5) is 28.3. The molecule has 0 atom stereocenters. The molecule has 1 aliphatic heterocycles. The second-order valence-electron chi connectivity index (χ2n) is 7.12. The van der Waals surface area contributed by atoms with Gasteiger partial charge in [-0.1, -0.05) is 0 Å². The van der Waals surface area contributed by atoms with Crippen LogP contribution in [-0.2, 0) is 19.5 Å². The molecule has 28 heavy (non-hydrogen) atoms. The van der Waals surface area contributed by atoms with Crippen molar-refractivity contribution in [2.45, 2.75) is 26.4 Å². The molecule has 4 aromatic rings. The van der Waals surface area contributed by atoms with Crippen LogP contribution in [0.15, 0.2) is 40.6 Å². The predicted octanol–water partition coefficient (Wildman–Crippen LogP) is 2.60. The molecule has 7 nitrogen and oxygen atoms in total. The summed E-state index contributed by atoms with van der Waals surface area (Å²) in [5, 5.41) is 2.05. The Labute approximate surface area is 165 Å². The summed E-state index contributed by atoms with van der Waals surface area (Å²) in [6.07, 6.45) is 2.81. The summed E-state index contributed by atoms with van der Waals surface area (Å²) in [6.45, 7) is 4.26. The zero-order valence-corrected chi connectivity index (χ0v) is 16.3. The Kier molecular flexibility index (Phi) is 4.03. The third kappa shape index (κ3) is 2.90. The van der Waals surface area contributed by atoms with E-state index < -0.39 is 0 Å². The molecular weight excluding hydrogens is 372 g/mol. The minimum absolute atomic E-state index is 0.0628. The fourth-order valence-electron chi connectivity index (χ4n) is 3.74. The molecule has 8 heteroatoms. The molecule has 5 rings (SSSR count). The zero-order valence-electron chi connectivity index (χ0n) is 15.5. The fourth-order valence-corrected chi connectivity index (χ4v) is 4.52. The average molecular weight is 392 g/mol. The molecule has 0 radical (unpaired) electrons. The lowest BCUT2D eigenvalue weighted by Gasteiger charge is -2.27. The highest BCUT2D eigenvalue weighted by atomic mass is 32.1. The van der Waals surface area contributed by atoms with Crippen LogP contribution < -0.4 is 11.3 Å². The number of rotatable bonds is 3. The van der Waals surface area contributed by atoms with Crippen molar-refractivity contribution in [3.05, 3.63) is 68.8 Å². The maximum atomic E-state index is 12.7. The van der Waals surface area contributed by atoms with Gasteiger partial charge in [-0.2, -0.15) is 0 Å². The quantitative estimate of drug-likeness (QED) is 0.523. The molecule has 4 heterocycles. The smallest absolute Gasteiger partial charge is 0.255 e. The number of nitrogens with two attached hydrogens (primary N) is 1. The number of nitrogens with zero attached hydrogens (tertiary/aromatic N) is 4. The van der Waals surface area contributed by atoms with Crippen LogP contribution in [0, 0.1) is 6.92 Å². The number of anilines is 1. The van der Waals surface area contributed by atoms with Crippen molar-refractivity contribution >= 4 is 22.0 Å². The molecule has 3 N–H and O–H groups in total. The lowest BCUT2D eigenvalue weighted by atomic mass is 10.1. The molecule has 0 unspecified atom stereocenters. The zero-order chi connectivity index (χ0) is 19.3. The van der Waals surface area contributed by atoms with Crippen LogP contribution in [0.5, 0.6) is 0 Å². The topological polar surface area (TPSA) is 92.3 Å². The molecule has 1 aromatic carbocycles. The average Bonchev–Trinajstić information content (AvgIpc) is 3.25. The summed E-state index contributed by atoms with van der Waals surface area (Å²) in [5.74, 6) is 0.601. The van der Waals surface area contributed by atoms with Gasteiger partial charge >= 0.3 is 0 Å². The number of aromatic nitrogens is 4. The van der Waals surface area contributed by atoms with Gasteiger partial charge in [-0.3, -0.25) is 14.1 Å². The first-order chi connectivity index (χ1) is 13.6. The third-order valence-electron chi connectivity index (χ3n) is 5.27. The fraction of sp³-hybridized carbons (Fsp3) is 0.250. The number of thiazole rings is 1. The van der Waals surface area contributed by atoms with Crippen molar-refractivity contribution in [1.82, 2.24) is 24.3 Å². The monoisotopic (exact) mass is 392 g/mol. The van der Waals surface area contributed by atoms with E-state index in [0.29, 0.717) is 18.1 Å². The molecule has 0 aliphatic carbocycles. The van der Waals surface area contributed by atoms with Gasteiger partial charge in [0.15, 0.2) is 4.96 Å². The number of hydrogen-bond donors (Lipinski definition) is 2. The van der Waals surface area contributed by atoms with E-state index in [1.54, 1.807) is 11.3 Å². The maximum absolute atomic E-state index is 12.7. The summed E-state index contributed by atoms with van der Waals surface area (Å²) in [7, 11) is 0. The van der Waals surface area contributed by atoms with Crippen molar-refractivity contribution in [3.8, 4) is 11.4 Å². The molecule has 0 saturated carbocycles. The Morgan fingerprint density at radius 2 is 2.07 bits per heavy atom. The Morgan fingerprint density at radius 1 is 1.25 bits per heavy atom. The summed E-state index contributed by atoms with van der Waals surface area (Å²) < 4.78 is 2.14. The highest BCUT2D eigenvalue weighted by Crippen LogP contribution is 2.23. The summed E-state index contributed by atoms with van der Waals surface area (Å²) >= 11 is 1.64. The lowest BCUT2D eigenvalue weighted by Crippen LogP contribution is -2.35. The van der Waals surface area contributed by atoms with Crippen LogP contribution in [0.4, 0.5) is 5.69 Å². The molecule has 0 bridgehead atoms. The standard InChI is InChI=1S/C20H20N6OS/c1-12-17(26-8-9-28-20(26)22-12)11-25-7-6-16-15(10-25)19(27)24-18(23-16)13-2-4-14(21)5-3-13/h2-5,8-9H,6-7,10-11,21H2,1H3,(H,23,24,27). The van der Waals surface area contributed by atoms with Gasteiger partial charge in [-0.25, -0.2) is 9.97 Å². The van der Waals surface area contributed by atoms with E-state index >= 15 is 0 Å². The molecular formula is C20H20N6OS. The number of fused-ring (bicyclic) bond motifs is 2. The molecule has 0 spiro atoms. The number of aryl methyl sites for hydroxylation is 1. The second-order valence-corrected chi connectivity index (χ2v) is 7.99. The van der Waals surface area contributed by atoms with Gasteiger partial charge < -0.3 is 10.7 Å². The van der Waals surface area contributed by atoms with E-state index in [1.165, 1.54) is 5.69 Å². The lowest BCUT2D eigenvalue weighted by molar-refractivity contribution is 0.238. The Hall–Kier alpha value is -2.97. The van der Waals surface area contributed by atoms with Crippen LogP contribution in [-0.4, -0.2) is 30.8 Å². The Balaban J connectivity index is 1.43. The molecule has 142 valence electrons. The molecule has 0 amide bonds. The number of nitrogen functional groups attached to an aromatic ring is 1. The number of aromatic amines is 1. The van der Waals surface area contributed by atoms with Gasteiger partial charge in [0, 0.05) is 48.9 Å². The Bertz CT molecular complexity index is 1220. The van der Waals surface area contributed by atoms with Crippen LogP contribution >= 0.6 is 11.3 Å². The molecule has 0 fully saturated rings. The van der Waals surface area contributed by atoms with E-state index in [-0.39, 0.29) is 5.56 Å². The van der Waals surface area contributed by atoms with Gasteiger partial charge in [-0.05, 0) is 31.2 Å². The van der Waals surface area contributed by atoms with E-state index in [1.807, 2.05) is 36.6 Å². The normalized spacial score (nSPS) is 14.5. The minimum atomic E-state index is -0.0628. The highest BCUT2D eigenvalue weighted by Gasteiger charge is 2.23. The Morgan fingerprint density at radius 3 is 2.89 bits per heavy atom. The van der Waals surface area contributed by atoms with Crippen molar-refractivity contribution in [2.75, 3.05) is 12.3 Å². The number of benzene rings is 1. The number of nitrogens with one attached hydrogen (secondary N) is 1. The van der Waals surface area contributed by atoms with Gasteiger partial charge in [0.25, 0.3) is 5.56 Å². The van der Waals surface area contributed by atoms with Crippen molar-refractivity contribution in [1.29, 1.82) is 0 Å². The number of hydrogen-bond acceptors (Lipinski definition) is 6. The van der Waals surface area contributed by atoms with E-state index in [9.17, 15) is 4.79 Å². The van der Waals surface area contributed by atoms with Gasteiger partial charge in [-0.15, -0.1) is 11.3 Å². The van der Waals surface area contributed by atoms with E-state index in [0.717, 1.165) is 47.0 Å². The second kappa shape index (κ2) is 6.57. The van der Waals surface area contributed by atoms with Crippen molar-refractivity contribution < 1.29 is 0 Å². The molecule has 3 aromatic heterocycles. The van der Waals surface area contributed by atoms with E-state index in [4.69, 9.17) is 10.7 Å². The van der Waals surface area contributed by atoms with Crippen molar-refractivity contribution in [2.24, 2.45) is 0 Å².